The van der Waals surface area contributed by atoms with Crippen molar-refractivity contribution in [2.75, 3.05) is 11.9 Å². The van der Waals surface area contributed by atoms with Crippen LogP contribution in [0.5, 0.6) is 0 Å². The molecule has 0 aliphatic carbocycles. The molecule has 0 saturated heterocycles. The van der Waals surface area contributed by atoms with Crippen LogP contribution in [0.15, 0.2) is 0 Å². The molecule has 0 radical (unpaired) electrons. The Bertz CT molecular complexity index is 407. The molecule has 0 spiro atoms. The van der Waals surface area contributed by atoms with E-state index in [4.69, 9.17) is 5.73 Å². The average Bonchev–Trinajstić information content (AvgIpc) is 2.38. The van der Waals surface area contributed by atoms with E-state index in [0.717, 1.165) is 24.2 Å². The van der Waals surface area contributed by atoms with Crippen molar-refractivity contribution in [2.45, 2.75) is 40.0 Å². The molecular weight excluding hydrogens is 230 g/mol. The van der Waals surface area contributed by atoms with Crippen molar-refractivity contribution >= 4 is 11.9 Å². The summed E-state index contributed by atoms with van der Waals surface area (Å²) in [5.74, 6) is 0.304. The summed E-state index contributed by atoms with van der Waals surface area (Å²) in [5.41, 5.74) is 7.24. The first kappa shape index (κ1) is 14.5. The minimum absolute atomic E-state index is 0.124. The number of nitrogens with zero attached hydrogens (tertiary/aromatic N) is 3. The van der Waals surface area contributed by atoms with Gasteiger partial charge >= 0.3 is 0 Å². The Kier molecular flexibility index (Phi) is 5.64. The number of carbonyl (C=O) groups excluding carboxylic acids is 1. The average molecular weight is 251 g/mol. The molecule has 100 valence electrons. The molecule has 0 aliphatic heterocycles. The Morgan fingerprint density at radius 2 is 1.94 bits per heavy atom. The monoisotopic (exact) mass is 251 g/mol. The van der Waals surface area contributed by atoms with E-state index in [1.54, 1.807) is 0 Å². The van der Waals surface area contributed by atoms with Gasteiger partial charge in [0.25, 0.3) is 0 Å². The summed E-state index contributed by atoms with van der Waals surface area (Å²) in [4.78, 5) is 16.0. The molecule has 0 aromatic carbocycles. The van der Waals surface area contributed by atoms with Crippen molar-refractivity contribution in [1.29, 1.82) is 0 Å². The standard InChI is InChI=1S/C12H21N5O/c1-4-9-10(5-2)16-17-12(14-9)15-11(18)6-8(3)7-13/h8H,4-7,13H2,1-3H3,(H,14,15,17,18). The van der Waals surface area contributed by atoms with E-state index in [0.29, 0.717) is 13.0 Å². The van der Waals surface area contributed by atoms with Gasteiger partial charge in [0.1, 0.15) is 0 Å². The summed E-state index contributed by atoms with van der Waals surface area (Å²) in [5, 5.41) is 10.6. The number of amides is 1. The molecule has 0 aliphatic rings. The normalized spacial score (nSPS) is 12.2. The number of nitrogens with two attached hydrogens (primary N) is 1. The Balaban J connectivity index is 2.70. The molecule has 6 nitrogen and oxygen atoms in total. The summed E-state index contributed by atoms with van der Waals surface area (Å²) >= 11 is 0. The molecule has 0 fully saturated rings. The van der Waals surface area contributed by atoms with E-state index < -0.39 is 0 Å². The number of aryl methyl sites for hydroxylation is 2. The summed E-state index contributed by atoms with van der Waals surface area (Å²) in [7, 11) is 0. The second-order valence-electron chi connectivity index (χ2n) is 4.33. The van der Waals surface area contributed by atoms with Gasteiger partial charge < -0.3 is 5.73 Å². The largest absolute Gasteiger partial charge is 0.330 e. The predicted molar refractivity (Wildman–Crippen MR) is 70.0 cm³/mol. The van der Waals surface area contributed by atoms with Gasteiger partial charge in [0, 0.05) is 6.42 Å². The second kappa shape index (κ2) is 7.00. The lowest BCUT2D eigenvalue weighted by Crippen LogP contribution is -2.21. The van der Waals surface area contributed by atoms with Crippen LogP contribution < -0.4 is 11.1 Å². The number of hydrogen-bond donors (Lipinski definition) is 2. The molecule has 1 atom stereocenters. The Hall–Kier alpha value is -1.56. The zero-order chi connectivity index (χ0) is 13.5. The number of rotatable bonds is 6. The number of carbonyl (C=O) groups is 1. The number of nitrogens with one attached hydrogen (secondary N) is 1. The highest BCUT2D eigenvalue weighted by Gasteiger charge is 2.11. The van der Waals surface area contributed by atoms with Crippen LogP contribution in [0.2, 0.25) is 0 Å². The first-order valence-electron chi connectivity index (χ1n) is 6.33. The van der Waals surface area contributed by atoms with Crippen LogP contribution in [0.3, 0.4) is 0 Å². The second-order valence-corrected chi connectivity index (χ2v) is 4.33. The van der Waals surface area contributed by atoms with Gasteiger partial charge in [-0.05, 0) is 25.3 Å². The molecule has 1 aromatic heterocycles. The fourth-order valence-corrected chi connectivity index (χ4v) is 1.57. The van der Waals surface area contributed by atoms with Crippen molar-refractivity contribution in [1.82, 2.24) is 15.2 Å². The van der Waals surface area contributed by atoms with Gasteiger partial charge in [0.05, 0.1) is 11.4 Å². The Labute approximate surface area is 107 Å². The molecule has 1 heterocycles. The third-order valence-electron chi connectivity index (χ3n) is 2.70. The smallest absolute Gasteiger partial charge is 0.249 e. The van der Waals surface area contributed by atoms with Gasteiger partial charge in [0.15, 0.2) is 0 Å². The van der Waals surface area contributed by atoms with Crippen LogP contribution in [0.25, 0.3) is 0 Å². The van der Waals surface area contributed by atoms with Gasteiger partial charge in [-0.15, -0.1) is 10.2 Å². The number of aromatic nitrogens is 3. The van der Waals surface area contributed by atoms with E-state index >= 15 is 0 Å². The van der Waals surface area contributed by atoms with Crippen molar-refractivity contribution in [3.8, 4) is 0 Å². The van der Waals surface area contributed by atoms with E-state index in [-0.39, 0.29) is 17.8 Å². The lowest BCUT2D eigenvalue weighted by molar-refractivity contribution is -0.116. The zero-order valence-corrected chi connectivity index (χ0v) is 11.2. The quantitative estimate of drug-likeness (QED) is 0.784. The van der Waals surface area contributed by atoms with Crippen LogP contribution >= 0.6 is 0 Å². The molecule has 3 N–H and O–H groups in total. The Morgan fingerprint density at radius 3 is 2.50 bits per heavy atom. The van der Waals surface area contributed by atoms with Crippen molar-refractivity contribution < 1.29 is 4.79 Å². The number of hydrogen-bond acceptors (Lipinski definition) is 5. The zero-order valence-electron chi connectivity index (χ0n) is 11.2. The first-order valence-corrected chi connectivity index (χ1v) is 6.33. The molecule has 18 heavy (non-hydrogen) atoms. The summed E-state index contributed by atoms with van der Waals surface area (Å²) in [6.45, 7) is 6.43. The van der Waals surface area contributed by atoms with Crippen LogP contribution in [-0.2, 0) is 17.6 Å². The summed E-state index contributed by atoms with van der Waals surface area (Å²) in [6, 6.07) is 0. The van der Waals surface area contributed by atoms with E-state index in [1.165, 1.54) is 0 Å². The van der Waals surface area contributed by atoms with Gasteiger partial charge in [-0.1, -0.05) is 20.8 Å². The van der Waals surface area contributed by atoms with Crippen molar-refractivity contribution in [2.24, 2.45) is 11.7 Å². The van der Waals surface area contributed by atoms with Crippen LogP contribution in [0, 0.1) is 5.92 Å². The highest BCUT2D eigenvalue weighted by atomic mass is 16.1. The van der Waals surface area contributed by atoms with Crippen LogP contribution in [0.4, 0.5) is 5.95 Å². The molecular formula is C12H21N5O. The highest BCUT2D eigenvalue weighted by Crippen LogP contribution is 2.08. The van der Waals surface area contributed by atoms with Crippen LogP contribution in [-0.4, -0.2) is 27.6 Å². The summed E-state index contributed by atoms with van der Waals surface area (Å²) < 4.78 is 0. The number of anilines is 1. The van der Waals surface area contributed by atoms with E-state index in [2.05, 4.69) is 20.5 Å². The molecule has 6 heteroatoms. The van der Waals surface area contributed by atoms with Gasteiger partial charge in [-0.3, -0.25) is 10.1 Å². The third kappa shape index (κ3) is 4.03. The minimum Gasteiger partial charge on any atom is -0.330 e. The Morgan fingerprint density at radius 1 is 1.28 bits per heavy atom. The van der Waals surface area contributed by atoms with Gasteiger partial charge in [-0.25, -0.2) is 4.98 Å². The third-order valence-corrected chi connectivity index (χ3v) is 2.70. The maximum atomic E-state index is 11.7. The highest BCUT2D eigenvalue weighted by molar-refractivity contribution is 5.88. The summed E-state index contributed by atoms with van der Waals surface area (Å²) in [6.07, 6.45) is 1.94. The van der Waals surface area contributed by atoms with Gasteiger partial charge in [0.2, 0.25) is 11.9 Å². The minimum atomic E-state index is -0.124. The van der Waals surface area contributed by atoms with E-state index in [1.807, 2.05) is 20.8 Å². The predicted octanol–water partition coefficient (Wildman–Crippen LogP) is 0.920. The first-order chi connectivity index (χ1) is 8.60. The molecule has 0 bridgehead atoms. The SMILES string of the molecule is CCc1nnc(NC(=O)CC(C)CN)nc1CC. The topological polar surface area (TPSA) is 93.8 Å². The lowest BCUT2D eigenvalue weighted by atomic mass is 10.1. The van der Waals surface area contributed by atoms with Crippen LogP contribution in [0.1, 0.15) is 38.6 Å². The fourth-order valence-electron chi connectivity index (χ4n) is 1.57. The van der Waals surface area contributed by atoms with Crippen molar-refractivity contribution in [3.63, 3.8) is 0 Å². The molecule has 0 saturated carbocycles. The van der Waals surface area contributed by atoms with E-state index in [9.17, 15) is 4.79 Å². The lowest BCUT2D eigenvalue weighted by Gasteiger charge is -2.09. The molecule has 1 aromatic rings. The fraction of sp³-hybridized carbons (Fsp3) is 0.667. The maximum Gasteiger partial charge on any atom is 0.249 e. The van der Waals surface area contributed by atoms with Gasteiger partial charge in [-0.2, -0.15) is 0 Å². The molecule has 1 amide bonds. The molecule has 1 unspecified atom stereocenters. The molecule has 1 rings (SSSR count). The van der Waals surface area contributed by atoms with Crippen molar-refractivity contribution in [3.05, 3.63) is 11.4 Å². The maximum absolute atomic E-state index is 11.7.